The molecule has 2 heteroatoms. The van der Waals surface area contributed by atoms with Gasteiger partial charge in [-0.3, -0.25) is 4.79 Å². The Balaban J connectivity index is 2.66. The molecule has 0 aliphatic rings. The molecule has 0 fully saturated rings. The predicted molar refractivity (Wildman–Crippen MR) is 72.1 cm³/mol. The van der Waals surface area contributed by atoms with E-state index in [1.165, 1.54) is 11.1 Å². The Kier molecular flexibility index (Phi) is 4.33. The Morgan fingerprint density at radius 1 is 1.24 bits per heavy atom. The minimum absolute atomic E-state index is 0.0313. The van der Waals surface area contributed by atoms with E-state index in [9.17, 15) is 4.79 Å². The van der Waals surface area contributed by atoms with E-state index in [1.807, 2.05) is 6.92 Å². The van der Waals surface area contributed by atoms with E-state index >= 15 is 0 Å². The number of rotatable bonds is 3. The third-order valence-electron chi connectivity index (χ3n) is 2.81. The van der Waals surface area contributed by atoms with Gasteiger partial charge < -0.3 is 5.32 Å². The molecule has 1 amide bonds. The van der Waals surface area contributed by atoms with Gasteiger partial charge in [-0.15, -0.1) is 0 Å². The van der Waals surface area contributed by atoms with Crippen LogP contribution in [-0.4, -0.2) is 11.9 Å². The molecule has 1 unspecified atom stereocenters. The van der Waals surface area contributed by atoms with Crippen molar-refractivity contribution in [2.45, 2.75) is 52.5 Å². The van der Waals surface area contributed by atoms with Crippen LogP contribution in [0.3, 0.4) is 0 Å². The van der Waals surface area contributed by atoms with Gasteiger partial charge in [0.15, 0.2) is 0 Å². The monoisotopic (exact) mass is 233 g/mol. The average Bonchev–Trinajstić information content (AvgIpc) is 2.15. The second-order valence-electron chi connectivity index (χ2n) is 5.75. The van der Waals surface area contributed by atoms with E-state index in [-0.39, 0.29) is 17.4 Å². The molecule has 0 heterocycles. The fraction of sp³-hybridized carbons (Fsp3) is 0.533. The lowest BCUT2D eigenvalue weighted by Crippen LogP contribution is -2.32. The van der Waals surface area contributed by atoms with Crippen LogP contribution in [0.4, 0.5) is 0 Å². The summed E-state index contributed by atoms with van der Waals surface area (Å²) in [5.41, 5.74) is 2.80. The fourth-order valence-electron chi connectivity index (χ4n) is 1.89. The lowest BCUT2D eigenvalue weighted by atomic mass is 9.86. The molecule has 0 spiro atoms. The van der Waals surface area contributed by atoms with Crippen LogP contribution in [0.1, 0.15) is 45.7 Å². The van der Waals surface area contributed by atoms with Crippen LogP contribution >= 0.6 is 0 Å². The van der Waals surface area contributed by atoms with Crippen molar-refractivity contribution in [2.24, 2.45) is 0 Å². The van der Waals surface area contributed by atoms with E-state index in [4.69, 9.17) is 0 Å². The van der Waals surface area contributed by atoms with Crippen molar-refractivity contribution < 1.29 is 4.79 Å². The van der Waals surface area contributed by atoms with Gasteiger partial charge in [0.1, 0.15) is 0 Å². The highest BCUT2D eigenvalue weighted by Crippen LogP contribution is 2.22. The molecule has 1 aromatic rings. The Hall–Kier alpha value is -1.31. The second kappa shape index (κ2) is 5.35. The number of carbonyl (C=O) groups is 1. The molecule has 2 nitrogen and oxygen atoms in total. The summed E-state index contributed by atoms with van der Waals surface area (Å²) in [6, 6.07) is 8.84. The molecule has 94 valence electrons. The minimum atomic E-state index is 0.0313. The quantitative estimate of drug-likeness (QED) is 0.854. The zero-order chi connectivity index (χ0) is 13.1. The largest absolute Gasteiger partial charge is 0.354 e. The van der Waals surface area contributed by atoms with Crippen LogP contribution in [0.15, 0.2) is 24.3 Å². The maximum absolute atomic E-state index is 10.9. The van der Waals surface area contributed by atoms with E-state index in [0.29, 0.717) is 0 Å². The van der Waals surface area contributed by atoms with Crippen LogP contribution < -0.4 is 5.32 Å². The fourth-order valence-corrected chi connectivity index (χ4v) is 1.89. The van der Waals surface area contributed by atoms with Crippen molar-refractivity contribution in [3.05, 3.63) is 35.4 Å². The summed E-state index contributed by atoms with van der Waals surface area (Å²) in [4.78, 5) is 10.9. The standard InChI is InChI=1S/C15H23NO/c1-11(16-12(2)17)10-13-6-8-14(9-7-13)15(3,4)5/h6-9,11H,10H2,1-5H3,(H,16,17). The van der Waals surface area contributed by atoms with Crippen molar-refractivity contribution in [3.63, 3.8) is 0 Å². The maximum atomic E-state index is 10.9. The molecule has 0 saturated heterocycles. The molecule has 17 heavy (non-hydrogen) atoms. The summed E-state index contributed by atoms with van der Waals surface area (Å²) in [6.07, 6.45) is 0.879. The zero-order valence-electron chi connectivity index (χ0n) is 11.5. The number of amides is 1. The first-order valence-electron chi connectivity index (χ1n) is 6.15. The summed E-state index contributed by atoms with van der Waals surface area (Å²) < 4.78 is 0. The molecule has 0 radical (unpaired) electrons. The molecule has 0 aliphatic carbocycles. The highest BCUT2D eigenvalue weighted by atomic mass is 16.1. The number of nitrogens with one attached hydrogen (secondary N) is 1. The van der Waals surface area contributed by atoms with Gasteiger partial charge in [0.05, 0.1) is 0 Å². The van der Waals surface area contributed by atoms with E-state index in [1.54, 1.807) is 6.92 Å². The Bertz CT molecular complexity index is 373. The normalized spacial score (nSPS) is 13.2. The van der Waals surface area contributed by atoms with Crippen molar-refractivity contribution in [1.82, 2.24) is 5.32 Å². The molecule has 0 saturated carbocycles. The van der Waals surface area contributed by atoms with E-state index < -0.39 is 0 Å². The van der Waals surface area contributed by atoms with E-state index in [0.717, 1.165) is 6.42 Å². The highest BCUT2D eigenvalue weighted by Gasteiger charge is 2.13. The number of carbonyl (C=O) groups excluding carboxylic acids is 1. The van der Waals surface area contributed by atoms with Crippen LogP contribution in [0.2, 0.25) is 0 Å². The smallest absolute Gasteiger partial charge is 0.217 e. The van der Waals surface area contributed by atoms with Gasteiger partial charge in [-0.2, -0.15) is 0 Å². The van der Waals surface area contributed by atoms with Crippen LogP contribution in [0.5, 0.6) is 0 Å². The van der Waals surface area contributed by atoms with Crippen molar-refractivity contribution in [3.8, 4) is 0 Å². The van der Waals surface area contributed by atoms with Crippen LogP contribution in [0.25, 0.3) is 0 Å². The van der Waals surface area contributed by atoms with Gasteiger partial charge in [-0.1, -0.05) is 45.0 Å². The topological polar surface area (TPSA) is 29.1 Å². The van der Waals surface area contributed by atoms with E-state index in [2.05, 4.69) is 50.4 Å². The summed E-state index contributed by atoms with van der Waals surface area (Å²) in [5.74, 6) is 0.0313. The number of hydrogen-bond acceptors (Lipinski definition) is 1. The number of benzene rings is 1. The molecule has 1 rings (SSSR count). The molecule has 1 N–H and O–H groups in total. The van der Waals surface area contributed by atoms with Gasteiger partial charge in [0.25, 0.3) is 0 Å². The number of hydrogen-bond donors (Lipinski definition) is 1. The molecule has 1 aromatic carbocycles. The summed E-state index contributed by atoms with van der Waals surface area (Å²) >= 11 is 0. The minimum Gasteiger partial charge on any atom is -0.354 e. The third kappa shape index (κ3) is 4.59. The lowest BCUT2D eigenvalue weighted by molar-refractivity contribution is -0.119. The lowest BCUT2D eigenvalue weighted by Gasteiger charge is -2.19. The molecule has 0 aliphatic heterocycles. The van der Waals surface area contributed by atoms with Crippen molar-refractivity contribution in [2.75, 3.05) is 0 Å². The third-order valence-corrected chi connectivity index (χ3v) is 2.81. The molecule has 0 bridgehead atoms. The predicted octanol–water partition coefficient (Wildman–Crippen LogP) is 3.05. The first-order valence-corrected chi connectivity index (χ1v) is 6.15. The second-order valence-corrected chi connectivity index (χ2v) is 5.75. The Labute approximate surface area is 104 Å². The molecule has 0 aromatic heterocycles. The highest BCUT2D eigenvalue weighted by molar-refractivity contribution is 5.73. The van der Waals surface area contributed by atoms with Crippen LogP contribution in [-0.2, 0) is 16.6 Å². The van der Waals surface area contributed by atoms with Crippen LogP contribution in [0, 0.1) is 0 Å². The first kappa shape index (κ1) is 13.8. The summed E-state index contributed by atoms with van der Waals surface area (Å²) in [7, 11) is 0. The Morgan fingerprint density at radius 2 is 1.76 bits per heavy atom. The SMILES string of the molecule is CC(=O)NC(C)Cc1ccc(C(C)(C)C)cc1. The molecule has 1 atom stereocenters. The van der Waals surface area contributed by atoms with Gasteiger partial charge in [0, 0.05) is 13.0 Å². The first-order chi connectivity index (χ1) is 7.79. The van der Waals surface area contributed by atoms with Gasteiger partial charge >= 0.3 is 0 Å². The maximum Gasteiger partial charge on any atom is 0.217 e. The zero-order valence-corrected chi connectivity index (χ0v) is 11.5. The van der Waals surface area contributed by atoms with Gasteiger partial charge in [0.2, 0.25) is 5.91 Å². The average molecular weight is 233 g/mol. The van der Waals surface area contributed by atoms with Crippen molar-refractivity contribution >= 4 is 5.91 Å². The summed E-state index contributed by atoms with van der Waals surface area (Å²) in [5, 5.41) is 2.90. The van der Waals surface area contributed by atoms with Gasteiger partial charge in [-0.05, 0) is 29.9 Å². The van der Waals surface area contributed by atoms with Crippen molar-refractivity contribution in [1.29, 1.82) is 0 Å². The molecular formula is C15H23NO. The van der Waals surface area contributed by atoms with Gasteiger partial charge in [-0.25, -0.2) is 0 Å². The Morgan fingerprint density at radius 3 is 2.18 bits per heavy atom. The molecular weight excluding hydrogens is 210 g/mol. The summed E-state index contributed by atoms with van der Waals surface area (Å²) in [6.45, 7) is 10.2.